The Morgan fingerprint density at radius 3 is 2.60 bits per heavy atom. The predicted molar refractivity (Wildman–Crippen MR) is 59.2 cm³/mol. The molecule has 0 bridgehead atoms. The number of rotatable bonds is 5. The summed E-state index contributed by atoms with van der Waals surface area (Å²) in [5.41, 5.74) is 0.670. The molecule has 0 fully saturated rings. The highest BCUT2D eigenvalue weighted by molar-refractivity contribution is 6.29. The molecule has 0 aliphatic heterocycles. The van der Waals surface area contributed by atoms with E-state index >= 15 is 0 Å². The summed E-state index contributed by atoms with van der Waals surface area (Å²) in [6, 6.07) is 5.74. The van der Waals surface area contributed by atoms with Crippen LogP contribution in [0, 0.1) is 5.82 Å². The van der Waals surface area contributed by atoms with Crippen molar-refractivity contribution in [3.05, 3.63) is 47.3 Å². The van der Waals surface area contributed by atoms with Gasteiger partial charge in [-0.15, -0.1) is 0 Å². The second-order valence-corrected chi connectivity index (χ2v) is 3.75. The number of hydrogen-bond donors (Lipinski definition) is 2. The Labute approximate surface area is 93.4 Å². The molecule has 0 aromatic heterocycles. The molecule has 1 aromatic rings. The quantitative estimate of drug-likeness (QED) is 0.812. The zero-order valence-electron chi connectivity index (χ0n) is 8.21. The molecule has 0 radical (unpaired) electrons. The van der Waals surface area contributed by atoms with Crippen LogP contribution in [0.2, 0.25) is 0 Å². The molecule has 2 nitrogen and oxygen atoms in total. The van der Waals surface area contributed by atoms with Crippen molar-refractivity contribution in [3.8, 4) is 0 Å². The Hall–Kier alpha value is -0.900. The SMILES string of the molecule is C=C(Cl)CNCC(O)c1ccc(F)cc1. The average Bonchev–Trinajstić information content (AvgIpc) is 2.18. The van der Waals surface area contributed by atoms with Gasteiger partial charge in [0.2, 0.25) is 0 Å². The zero-order valence-corrected chi connectivity index (χ0v) is 8.97. The largest absolute Gasteiger partial charge is 0.387 e. The molecule has 0 spiro atoms. The van der Waals surface area contributed by atoms with Gasteiger partial charge in [-0.2, -0.15) is 0 Å². The van der Waals surface area contributed by atoms with E-state index in [0.29, 0.717) is 23.7 Å². The summed E-state index contributed by atoms with van der Waals surface area (Å²) in [6.45, 7) is 4.31. The third-order valence-electron chi connectivity index (χ3n) is 1.91. The van der Waals surface area contributed by atoms with E-state index in [1.807, 2.05) is 0 Å². The summed E-state index contributed by atoms with van der Waals surface area (Å²) in [5.74, 6) is -0.312. The first-order chi connectivity index (χ1) is 7.09. The summed E-state index contributed by atoms with van der Waals surface area (Å²) < 4.78 is 12.6. The highest BCUT2D eigenvalue weighted by Crippen LogP contribution is 2.12. The van der Waals surface area contributed by atoms with Gasteiger partial charge in [0.25, 0.3) is 0 Å². The van der Waals surface area contributed by atoms with Crippen molar-refractivity contribution < 1.29 is 9.50 Å². The van der Waals surface area contributed by atoms with Crippen LogP contribution >= 0.6 is 11.6 Å². The molecule has 0 saturated carbocycles. The summed E-state index contributed by atoms with van der Waals surface area (Å²) in [7, 11) is 0. The summed E-state index contributed by atoms with van der Waals surface area (Å²) >= 11 is 5.54. The van der Waals surface area contributed by atoms with E-state index in [-0.39, 0.29) is 5.82 Å². The van der Waals surface area contributed by atoms with E-state index in [1.54, 1.807) is 12.1 Å². The lowest BCUT2D eigenvalue weighted by Crippen LogP contribution is -2.22. The van der Waals surface area contributed by atoms with Gasteiger partial charge in [0.05, 0.1) is 6.10 Å². The molecule has 4 heteroatoms. The second-order valence-electron chi connectivity index (χ2n) is 3.22. The number of aliphatic hydroxyl groups is 1. The maximum Gasteiger partial charge on any atom is 0.123 e. The van der Waals surface area contributed by atoms with Gasteiger partial charge in [-0.05, 0) is 17.7 Å². The van der Waals surface area contributed by atoms with E-state index in [0.717, 1.165) is 0 Å². The van der Waals surface area contributed by atoms with Gasteiger partial charge in [0, 0.05) is 18.1 Å². The van der Waals surface area contributed by atoms with Gasteiger partial charge in [-0.3, -0.25) is 0 Å². The van der Waals surface area contributed by atoms with Crippen LogP contribution in [0.25, 0.3) is 0 Å². The van der Waals surface area contributed by atoms with Crippen molar-refractivity contribution in [1.29, 1.82) is 0 Å². The van der Waals surface area contributed by atoms with E-state index < -0.39 is 6.10 Å². The molecule has 0 heterocycles. The van der Waals surface area contributed by atoms with Gasteiger partial charge < -0.3 is 10.4 Å². The minimum absolute atomic E-state index is 0.312. The standard InChI is InChI=1S/C11H13ClFNO/c1-8(12)6-14-7-11(15)9-2-4-10(13)5-3-9/h2-5,11,14-15H,1,6-7H2. The summed E-state index contributed by atoms with van der Waals surface area (Å²) in [4.78, 5) is 0. The van der Waals surface area contributed by atoms with Crippen LogP contribution in [0.15, 0.2) is 35.9 Å². The minimum Gasteiger partial charge on any atom is -0.387 e. The zero-order chi connectivity index (χ0) is 11.3. The van der Waals surface area contributed by atoms with Crippen LogP contribution in [0.3, 0.4) is 0 Å². The summed E-state index contributed by atoms with van der Waals surface area (Å²) in [5, 5.41) is 13.1. The molecule has 1 unspecified atom stereocenters. The van der Waals surface area contributed by atoms with Crippen LogP contribution in [0.4, 0.5) is 4.39 Å². The molecule has 2 N–H and O–H groups in total. The van der Waals surface area contributed by atoms with Crippen LogP contribution < -0.4 is 5.32 Å². The normalized spacial score (nSPS) is 12.5. The van der Waals surface area contributed by atoms with Gasteiger partial charge in [0.1, 0.15) is 5.82 Å². The fourth-order valence-electron chi connectivity index (χ4n) is 1.15. The molecule has 1 aromatic carbocycles. The molecule has 1 rings (SSSR count). The van der Waals surface area contributed by atoms with Crippen LogP contribution in [0.1, 0.15) is 11.7 Å². The second kappa shape index (κ2) is 5.85. The lowest BCUT2D eigenvalue weighted by atomic mass is 10.1. The molecule has 0 saturated heterocycles. The molecule has 15 heavy (non-hydrogen) atoms. The first kappa shape index (κ1) is 12.2. The van der Waals surface area contributed by atoms with Gasteiger partial charge in [0.15, 0.2) is 0 Å². The third kappa shape index (κ3) is 4.42. The predicted octanol–water partition coefficient (Wildman–Crippen LogP) is 2.20. The maximum absolute atomic E-state index is 12.6. The van der Waals surface area contributed by atoms with Crippen LogP contribution in [-0.4, -0.2) is 18.2 Å². The van der Waals surface area contributed by atoms with Crippen LogP contribution in [-0.2, 0) is 0 Å². The van der Waals surface area contributed by atoms with Crippen molar-refractivity contribution in [2.24, 2.45) is 0 Å². The number of hydrogen-bond acceptors (Lipinski definition) is 2. The summed E-state index contributed by atoms with van der Waals surface area (Å²) in [6.07, 6.45) is -0.665. The fraction of sp³-hybridized carbons (Fsp3) is 0.273. The van der Waals surface area contributed by atoms with Gasteiger partial charge >= 0.3 is 0 Å². The average molecular weight is 230 g/mol. The van der Waals surface area contributed by atoms with E-state index in [4.69, 9.17) is 11.6 Å². The molecular formula is C11H13ClFNO. The Bertz CT molecular complexity index is 326. The molecule has 0 amide bonds. The molecule has 82 valence electrons. The van der Waals surface area contributed by atoms with Gasteiger partial charge in [-0.25, -0.2) is 4.39 Å². The molecular weight excluding hydrogens is 217 g/mol. The Morgan fingerprint density at radius 2 is 2.07 bits per heavy atom. The van der Waals surface area contributed by atoms with Crippen LogP contribution in [0.5, 0.6) is 0 Å². The van der Waals surface area contributed by atoms with Crippen molar-refractivity contribution in [2.45, 2.75) is 6.10 Å². The monoisotopic (exact) mass is 229 g/mol. The lowest BCUT2D eigenvalue weighted by molar-refractivity contribution is 0.176. The molecule has 0 aliphatic carbocycles. The smallest absolute Gasteiger partial charge is 0.123 e. The highest BCUT2D eigenvalue weighted by atomic mass is 35.5. The minimum atomic E-state index is -0.665. The number of aliphatic hydroxyl groups excluding tert-OH is 1. The molecule has 1 atom stereocenters. The lowest BCUT2D eigenvalue weighted by Gasteiger charge is -2.11. The van der Waals surface area contributed by atoms with Crippen molar-refractivity contribution in [1.82, 2.24) is 5.32 Å². The Kier molecular flexibility index (Phi) is 4.75. The van der Waals surface area contributed by atoms with Gasteiger partial charge in [-0.1, -0.05) is 30.3 Å². The fourth-order valence-corrected chi connectivity index (χ4v) is 1.24. The van der Waals surface area contributed by atoms with E-state index in [1.165, 1.54) is 12.1 Å². The molecule has 0 aliphatic rings. The Morgan fingerprint density at radius 1 is 1.47 bits per heavy atom. The first-order valence-corrected chi connectivity index (χ1v) is 4.95. The third-order valence-corrected chi connectivity index (χ3v) is 2.04. The number of nitrogens with one attached hydrogen (secondary N) is 1. The Balaban J connectivity index is 2.43. The van der Waals surface area contributed by atoms with Crippen molar-refractivity contribution in [3.63, 3.8) is 0 Å². The maximum atomic E-state index is 12.6. The highest BCUT2D eigenvalue weighted by Gasteiger charge is 2.06. The van der Waals surface area contributed by atoms with E-state index in [9.17, 15) is 9.50 Å². The number of halogens is 2. The topological polar surface area (TPSA) is 32.3 Å². The first-order valence-electron chi connectivity index (χ1n) is 4.57. The van der Waals surface area contributed by atoms with Crippen molar-refractivity contribution >= 4 is 11.6 Å². The van der Waals surface area contributed by atoms with Crippen molar-refractivity contribution in [2.75, 3.05) is 13.1 Å². The van der Waals surface area contributed by atoms with E-state index in [2.05, 4.69) is 11.9 Å². The number of benzene rings is 1.